The van der Waals surface area contributed by atoms with Gasteiger partial charge in [0.1, 0.15) is 11.5 Å². The first-order chi connectivity index (χ1) is 8.20. The number of carbonyl (C=O) groups excluding carboxylic acids is 1. The average molecular weight is 238 g/mol. The van der Waals surface area contributed by atoms with E-state index in [-0.39, 0.29) is 12.5 Å². The number of aliphatic hydroxyl groups is 1. The van der Waals surface area contributed by atoms with Crippen molar-refractivity contribution in [2.75, 3.05) is 25.4 Å². The second kappa shape index (κ2) is 5.18. The molecule has 4 N–H and O–H groups in total. The van der Waals surface area contributed by atoms with E-state index in [1.54, 1.807) is 11.0 Å². The zero-order valence-corrected chi connectivity index (χ0v) is 9.72. The molecule has 1 amide bonds. The molecule has 0 saturated carbocycles. The average Bonchev–Trinajstić information content (AvgIpc) is 2.76. The first kappa shape index (κ1) is 11.9. The maximum Gasteiger partial charge on any atom is 0.271 e. The Labute approximate surface area is 99.8 Å². The van der Waals surface area contributed by atoms with Crippen LogP contribution in [-0.4, -0.2) is 45.8 Å². The Hall–Kier alpha value is -1.56. The van der Waals surface area contributed by atoms with Crippen LogP contribution in [0.5, 0.6) is 0 Å². The summed E-state index contributed by atoms with van der Waals surface area (Å²) in [5, 5.41) is 15.3. The highest BCUT2D eigenvalue weighted by Gasteiger charge is 2.25. The van der Waals surface area contributed by atoms with E-state index in [2.05, 4.69) is 10.2 Å². The van der Waals surface area contributed by atoms with Gasteiger partial charge in [0.25, 0.3) is 5.91 Å². The third kappa shape index (κ3) is 2.76. The minimum Gasteiger partial charge on any atom is -0.396 e. The molecule has 0 aliphatic carbocycles. The molecule has 6 nitrogen and oxygen atoms in total. The van der Waals surface area contributed by atoms with Crippen LogP contribution in [0.2, 0.25) is 0 Å². The second-order valence-electron chi connectivity index (χ2n) is 4.48. The molecule has 1 atom stereocenters. The predicted octanol–water partition coefficient (Wildman–Crippen LogP) is 0.226. The lowest BCUT2D eigenvalue weighted by Gasteiger charge is -2.32. The van der Waals surface area contributed by atoms with Crippen LogP contribution in [0.15, 0.2) is 6.07 Å². The fourth-order valence-electron chi connectivity index (χ4n) is 2.28. The van der Waals surface area contributed by atoms with Gasteiger partial charge in [0.15, 0.2) is 0 Å². The highest BCUT2D eigenvalue weighted by molar-refractivity contribution is 5.93. The highest BCUT2D eigenvalue weighted by Crippen LogP contribution is 2.20. The van der Waals surface area contributed by atoms with Crippen molar-refractivity contribution in [1.82, 2.24) is 15.1 Å². The van der Waals surface area contributed by atoms with Gasteiger partial charge in [0.05, 0.1) is 0 Å². The molecule has 1 fully saturated rings. The quantitative estimate of drug-likeness (QED) is 0.702. The topological polar surface area (TPSA) is 95.2 Å². The van der Waals surface area contributed by atoms with Gasteiger partial charge in [0.2, 0.25) is 0 Å². The number of nitrogens with two attached hydrogens (primary N) is 1. The van der Waals surface area contributed by atoms with E-state index in [4.69, 9.17) is 10.8 Å². The molecule has 1 unspecified atom stereocenters. The van der Waals surface area contributed by atoms with Gasteiger partial charge in [-0.05, 0) is 25.2 Å². The Balaban J connectivity index is 1.99. The van der Waals surface area contributed by atoms with Gasteiger partial charge in [0, 0.05) is 25.8 Å². The number of nitrogens with one attached hydrogen (secondary N) is 1. The first-order valence-corrected chi connectivity index (χ1v) is 5.91. The zero-order valence-electron chi connectivity index (χ0n) is 9.72. The summed E-state index contributed by atoms with van der Waals surface area (Å²) >= 11 is 0. The van der Waals surface area contributed by atoms with Gasteiger partial charge in [-0.15, -0.1) is 0 Å². The fraction of sp³-hybridized carbons (Fsp3) is 0.636. The van der Waals surface area contributed by atoms with Crippen molar-refractivity contribution in [3.63, 3.8) is 0 Å². The van der Waals surface area contributed by atoms with Crippen LogP contribution in [0.1, 0.15) is 29.8 Å². The molecule has 1 saturated heterocycles. The number of nitrogens with zero attached hydrogens (tertiary/aromatic N) is 2. The summed E-state index contributed by atoms with van der Waals surface area (Å²) in [7, 11) is 0. The lowest BCUT2D eigenvalue weighted by atomic mass is 9.95. The lowest BCUT2D eigenvalue weighted by molar-refractivity contribution is 0.0647. The number of aromatic amines is 1. The highest BCUT2D eigenvalue weighted by atomic mass is 16.3. The van der Waals surface area contributed by atoms with E-state index in [0.717, 1.165) is 25.8 Å². The molecule has 0 bridgehead atoms. The molecule has 1 aliphatic rings. The van der Waals surface area contributed by atoms with Crippen LogP contribution < -0.4 is 5.73 Å². The van der Waals surface area contributed by atoms with Crippen molar-refractivity contribution in [1.29, 1.82) is 0 Å². The molecule has 1 aromatic rings. The normalized spacial score (nSPS) is 20.5. The summed E-state index contributed by atoms with van der Waals surface area (Å²) in [6.45, 7) is 1.65. The number of H-pyrrole nitrogens is 1. The van der Waals surface area contributed by atoms with Crippen LogP contribution in [0.25, 0.3) is 0 Å². The molecule has 0 radical (unpaired) electrons. The number of hydrogen-bond donors (Lipinski definition) is 3. The van der Waals surface area contributed by atoms with E-state index in [9.17, 15) is 4.79 Å². The minimum absolute atomic E-state index is 0.0585. The van der Waals surface area contributed by atoms with Crippen LogP contribution >= 0.6 is 0 Å². The Kier molecular flexibility index (Phi) is 3.63. The second-order valence-corrected chi connectivity index (χ2v) is 4.48. The summed E-state index contributed by atoms with van der Waals surface area (Å²) < 4.78 is 0. The van der Waals surface area contributed by atoms with Gasteiger partial charge < -0.3 is 15.7 Å². The molecule has 6 heteroatoms. The number of nitrogen functional groups attached to an aromatic ring is 1. The standard InChI is InChI=1S/C11H18N4O2/c12-10-6-9(13-14-10)11(17)15-4-1-2-8(7-15)3-5-16/h6,8,16H,1-5,7H2,(H3,12,13,14). The van der Waals surface area contributed by atoms with E-state index >= 15 is 0 Å². The van der Waals surface area contributed by atoms with E-state index in [0.29, 0.717) is 24.0 Å². The van der Waals surface area contributed by atoms with Crippen LogP contribution in [0.4, 0.5) is 5.82 Å². The number of hydrogen-bond acceptors (Lipinski definition) is 4. The maximum absolute atomic E-state index is 12.1. The molecule has 2 heterocycles. The predicted molar refractivity (Wildman–Crippen MR) is 63.3 cm³/mol. The number of anilines is 1. The molecule has 0 spiro atoms. The molecule has 17 heavy (non-hydrogen) atoms. The fourth-order valence-corrected chi connectivity index (χ4v) is 2.28. The Morgan fingerprint density at radius 1 is 1.71 bits per heavy atom. The number of aliphatic hydroxyl groups excluding tert-OH is 1. The summed E-state index contributed by atoms with van der Waals surface area (Å²) in [6, 6.07) is 1.55. The summed E-state index contributed by atoms with van der Waals surface area (Å²) in [5.41, 5.74) is 5.91. The van der Waals surface area contributed by atoms with Gasteiger partial charge in [-0.1, -0.05) is 0 Å². The van der Waals surface area contributed by atoms with Crippen molar-refractivity contribution >= 4 is 11.7 Å². The van der Waals surface area contributed by atoms with E-state index < -0.39 is 0 Å². The number of rotatable bonds is 3. The largest absolute Gasteiger partial charge is 0.396 e. The number of carbonyl (C=O) groups is 1. The summed E-state index contributed by atoms with van der Waals surface area (Å²) in [5.74, 6) is 0.673. The molecular formula is C11H18N4O2. The summed E-state index contributed by atoms with van der Waals surface area (Å²) in [4.78, 5) is 13.9. The molecule has 1 aliphatic heterocycles. The third-order valence-electron chi connectivity index (χ3n) is 3.17. The minimum atomic E-state index is -0.0585. The van der Waals surface area contributed by atoms with Crippen molar-refractivity contribution < 1.29 is 9.90 Å². The Bertz CT molecular complexity index is 389. The van der Waals surface area contributed by atoms with Crippen LogP contribution in [-0.2, 0) is 0 Å². The van der Waals surface area contributed by atoms with Crippen molar-refractivity contribution in [2.45, 2.75) is 19.3 Å². The SMILES string of the molecule is Nc1cc(C(=O)N2CCCC(CCO)C2)[nH]n1. The number of piperidine rings is 1. The van der Waals surface area contributed by atoms with E-state index in [1.807, 2.05) is 0 Å². The van der Waals surface area contributed by atoms with Crippen molar-refractivity contribution in [3.8, 4) is 0 Å². The van der Waals surface area contributed by atoms with E-state index in [1.165, 1.54) is 0 Å². The number of aromatic nitrogens is 2. The van der Waals surface area contributed by atoms with Crippen molar-refractivity contribution in [2.24, 2.45) is 5.92 Å². The van der Waals surface area contributed by atoms with Crippen LogP contribution in [0, 0.1) is 5.92 Å². The van der Waals surface area contributed by atoms with Gasteiger partial charge in [-0.25, -0.2) is 0 Å². The van der Waals surface area contributed by atoms with Gasteiger partial charge >= 0.3 is 0 Å². The van der Waals surface area contributed by atoms with Gasteiger partial charge in [-0.3, -0.25) is 9.89 Å². The number of likely N-dealkylation sites (tertiary alicyclic amines) is 1. The lowest BCUT2D eigenvalue weighted by Crippen LogP contribution is -2.40. The first-order valence-electron chi connectivity index (χ1n) is 5.91. The maximum atomic E-state index is 12.1. The molecule has 94 valence electrons. The summed E-state index contributed by atoms with van der Waals surface area (Å²) in [6.07, 6.45) is 2.82. The van der Waals surface area contributed by atoms with Crippen LogP contribution in [0.3, 0.4) is 0 Å². The Morgan fingerprint density at radius 3 is 3.18 bits per heavy atom. The number of amides is 1. The van der Waals surface area contributed by atoms with Gasteiger partial charge in [-0.2, -0.15) is 5.10 Å². The smallest absolute Gasteiger partial charge is 0.271 e. The Morgan fingerprint density at radius 2 is 2.53 bits per heavy atom. The molecule has 0 aromatic carbocycles. The third-order valence-corrected chi connectivity index (χ3v) is 3.17. The molecular weight excluding hydrogens is 220 g/mol. The molecule has 2 rings (SSSR count). The zero-order chi connectivity index (χ0) is 12.3. The van der Waals surface area contributed by atoms with Crippen molar-refractivity contribution in [3.05, 3.63) is 11.8 Å². The molecule has 1 aromatic heterocycles. The monoisotopic (exact) mass is 238 g/mol.